The van der Waals surface area contributed by atoms with E-state index < -0.39 is 0 Å². The van der Waals surface area contributed by atoms with Crippen molar-refractivity contribution in [3.8, 4) is 0 Å². The highest BCUT2D eigenvalue weighted by Gasteiger charge is 1.90. The van der Waals surface area contributed by atoms with Crippen LogP contribution in [0.25, 0.3) is 0 Å². The third-order valence-electron chi connectivity index (χ3n) is 0.848. The Morgan fingerprint density at radius 3 is 2.89 bits per heavy atom. The van der Waals surface area contributed by atoms with Crippen LogP contribution in [0.3, 0.4) is 0 Å². The van der Waals surface area contributed by atoms with E-state index in [-0.39, 0.29) is 0 Å². The predicted molar refractivity (Wildman–Crippen MR) is 34.3 cm³/mol. The van der Waals surface area contributed by atoms with Crippen molar-refractivity contribution in [2.24, 2.45) is 0 Å². The van der Waals surface area contributed by atoms with Crippen molar-refractivity contribution >= 4 is 11.6 Å². The summed E-state index contributed by atoms with van der Waals surface area (Å²) >= 11 is 5.43. The van der Waals surface area contributed by atoms with Gasteiger partial charge in [0.2, 0.25) is 0 Å². The molecule has 0 spiro atoms. The second-order valence-corrected chi connectivity index (χ2v) is 1.88. The summed E-state index contributed by atoms with van der Waals surface area (Å²) in [6.07, 6.45) is 3.84. The number of alkyl halides is 1. The topological polar surface area (TPSA) is 38.7 Å². The molecule has 1 heterocycles. The molecule has 1 aromatic heterocycles. The van der Waals surface area contributed by atoms with Crippen LogP contribution < -0.4 is 0 Å². The molecule has 48 valence electrons. The van der Waals surface area contributed by atoms with Crippen molar-refractivity contribution in [2.45, 2.75) is 6.42 Å². The zero-order chi connectivity index (χ0) is 6.53. The lowest BCUT2D eigenvalue weighted by atomic mass is 10.5. The standard InChI is InChI=1S/C5H6ClN3/c6-2-1-5-7-3-4-8-9-5/h3-4H,1-2H2. The van der Waals surface area contributed by atoms with Gasteiger partial charge in [-0.05, 0) is 0 Å². The number of hydrogen-bond acceptors (Lipinski definition) is 3. The summed E-state index contributed by atoms with van der Waals surface area (Å²) in [6.45, 7) is 0. The Hall–Kier alpha value is -0.700. The van der Waals surface area contributed by atoms with Crippen LogP contribution in [0, 0.1) is 0 Å². The summed E-state index contributed by atoms with van der Waals surface area (Å²) in [6, 6.07) is 0. The van der Waals surface area contributed by atoms with Crippen molar-refractivity contribution in [2.75, 3.05) is 5.88 Å². The van der Waals surface area contributed by atoms with E-state index in [9.17, 15) is 0 Å². The average molecular weight is 144 g/mol. The van der Waals surface area contributed by atoms with E-state index in [2.05, 4.69) is 15.2 Å². The lowest BCUT2D eigenvalue weighted by Crippen LogP contribution is -1.95. The Morgan fingerprint density at radius 2 is 2.33 bits per heavy atom. The minimum absolute atomic E-state index is 0.547. The molecule has 0 aromatic carbocycles. The van der Waals surface area contributed by atoms with Crippen molar-refractivity contribution < 1.29 is 0 Å². The Bertz CT molecular complexity index is 165. The molecule has 3 nitrogen and oxygen atoms in total. The minimum atomic E-state index is 0.547. The molecule has 4 heteroatoms. The molecule has 0 N–H and O–H groups in total. The van der Waals surface area contributed by atoms with Crippen LogP contribution in [0.2, 0.25) is 0 Å². The third-order valence-corrected chi connectivity index (χ3v) is 1.04. The zero-order valence-corrected chi connectivity index (χ0v) is 5.54. The number of aryl methyl sites for hydroxylation is 1. The molecule has 0 aliphatic rings. The number of nitrogens with zero attached hydrogens (tertiary/aromatic N) is 3. The first-order chi connectivity index (χ1) is 4.43. The average Bonchev–Trinajstić information content (AvgIpc) is 1.91. The highest BCUT2D eigenvalue weighted by Crippen LogP contribution is 1.87. The van der Waals surface area contributed by atoms with Gasteiger partial charge in [-0.25, -0.2) is 4.98 Å². The Balaban J connectivity index is 2.61. The third kappa shape index (κ3) is 1.93. The first-order valence-corrected chi connectivity index (χ1v) is 3.15. The van der Waals surface area contributed by atoms with Crippen molar-refractivity contribution in [1.82, 2.24) is 15.2 Å². The van der Waals surface area contributed by atoms with E-state index >= 15 is 0 Å². The Kier molecular flexibility index (Phi) is 2.39. The SMILES string of the molecule is ClCCc1nccnn1. The van der Waals surface area contributed by atoms with Gasteiger partial charge in [0.05, 0.1) is 6.20 Å². The van der Waals surface area contributed by atoms with Gasteiger partial charge in [-0.15, -0.1) is 16.7 Å². The predicted octanol–water partition coefficient (Wildman–Crippen LogP) is 0.653. The second kappa shape index (κ2) is 3.35. The van der Waals surface area contributed by atoms with Gasteiger partial charge in [-0.2, -0.15) is 5.10 Å². The van der Waals surface area contributed by atoms with E-state index in [1.54, 1.807) is 6.20 Å². The van der Waals surface area contributed by atoms with Crippen molar-refractivity contribution in [3.05, 3.63) is 18.2 Å². The van der Waals surface area contributed by atoms with E-state index in [1.165, 1.54) is 6.20 Å². The van der Waals surface area contributed by atoms with Crippen molar-refractivity contribution in [1.29, 1.82) is 0 Å². The number of halogens is 1. The maximum absolute atomic E-state index is 5.43. The molecule has 1 rings (SSSR count). The molecule has 0 amide bonds. The summed E-state index contributed by atoms with van der Waals surface area (Å²) in [7, 11) is 0. The lowest BCUT2D eigenvalue weighted by Gasteiger charge is -1.89. The van der Waals surface area contributed by atoms with Crippen LogP contribution in [0.4, 0.5) is 0 Å². The summed E-state index contributed by atoms with van der Waals surface area (Å²) in [5, 5.41) is 7.36. The quantitative estimate of drug-likeness (QED) is 0.571. The normalized spacial score (nSPS) is 9.44. The number of rotatable bonds is 2. The molecule has 0 fully saturated rings. The van der Waals surface area contributed by atoms with Crippen LogP contribution in [-0.2, 0) is 6.42 Å². The Morgan fingerprint density at radius 1 is 1.44 bits per heavy atom. The lowest BCUT2D eigenvalue weighted by molar-refractivity contribution is 0.850. The van der Waals surface area contributed by atoms with Crippen LogP contribution in [0.5, 0.6) is 0 Å². The highest BCUT2D eigenvalue weighted by atomic mass is 35.5. The van der Waals surface area contributed by atoms with E-state index in [0.29, 0.717) is 18.1 Å². The van der Waals surface area contributed by atoms with Gasteiger partial charge < -0.3 is 0 Å². The zero-order valence-electron chi connectivity index (χ0n) is 4.79. The fourth-order valence-electron chi connectivity index (χ4n) is 0.474. The molecule has 9 heavy (non-hydrogen) atoms. The highest BCUT2D eigenvalue weighted by molar-refractivity contribution is 6.17. The molecule has 0 unspecified atom stereocenters. The molecule has 0 saturated heterocycles. The van der Waals surface area contributed by atoms with E-state index in [4.69, 9.17) is 11.6 Å². The van der Waals surface area contributed by atoms with Crippen molar-refractivity contribution in [3.63, 3.8) is 0 Å². The molecule has 0 atom stereocenters. The van der Waals surface area contributed by atoms with Gasteiger partial charge in [0.1, 0.15) is 0 Å². The van der Waals surface area contributed by atoms with Gasteiger partial charge in [0.15, 0.2) is 5.82 Å². The summed E-state index contributed by atoms with van der Waals surface area (Å²) in [5.74, 6) is 1.25. The molecule has 0 radical (unpaired) electrons. The van der Waals surface area contributed by atoms with Crippen LogP contribution in [0.15, 0.2) is 12.4 Å². The smallest absolute Gasteiger partial charge is 0.152 e. The van der Waals surface area contributed by atoms with E-state index in [0.717, 1.165) is 0 Å². The van der Waals surface area contributed by atoms with Gasteiger partial charge in [0, 0.05) is 18.5 Å². The first-order valence-electron chi connectivity index (χ1n) is 2.62. The second-order valence-electron chi connectivity index (χ2n) is 1.50. The summed E-state index contributed by atoms with van der Waals surface area (Å²) in [4.78, 5) is 3.91. The largest absolute Gasteiger partial charge is 0.238 e. The molecule has 0 saturated carbocycles. The summed E-state index contributed by atoms with van der Waals surface area (Å²) < 4.78 is 0. The fourth-order valence-corrected chi connectivity index (χ4v) is 0.643. The number of aromatic nitrogens is 3. The first kappa shape index (κ1) is 6.42. The van der Waals surface area contributed by atoms with Crippen LogP contribution in [0.1, 0.15) is 5.82 Å². The Labute approximate surface area is 58.1 Å². The maximum atomic E-state index is 5.43. The number of hydrogen-bond donors (Lipinski definition) is 0. The molecule has 0 bridgehead atoms. The van der Waals surface area contributed by atoms with Crippen LogP contribution >= 0.6 is 11.6 Å². The minimum Gasteiger partial charge on any atom is -0.238 e. The molecular weight excluding hydrogens is 138 g/mol. The van der Waals surface area contributed by atoms with E-state index in [1.807, 2.05) is 0 Å². The molecule has 1 aromatic rings. The van der Waals surface area contributed by atoms with Gasteiger partial charge in [-0.1, -0.05) is 0 Å². The summed E-state index contributed by atoms with van der Waals surface area (Å²) in [5.41, 5.74) is 0. The van der Waals surface area contributed by atoms with Gasteiger partial charge in [0.25, 0.3) is 0 Å². The maximum Gasteiger partial charge on any atom is 0.152 e. The molecule has 0 aliphatic carbocycles. The van der Waals surface area contributed by atoms with Gasteiger partial charge >= 0.3 is 0 Å². The molecule has 0 aliphatic heterocycles. The monoisotopic (exact) mass is 143 g/mol. The fraction of sp³-hybridized carbons (Fsp3) is 0.400. The van der Waals surface area contributed by atoms with Crippen LogP contribution in [-0.4, -0.2) is 21.1 Å². The van der Waals surface area contributed by atoms with Gasteiger partial charge in [-0.3, -0.25) is 0 Å². The molecular formula is C5H6ClN3.